The average Bonchev–Trinajstić information content (AvgIpc) is 2.62. The van der Waals surface area contributed by atoms with Crippen molar-refractivity contribution in [1.82, 2.24) is 10.2 Å². The predicted octanol–water partition coefficient (Wildman–Crippen LogP) is 4.96. The number of nitrogens with zero attached hydrogens (tertiary/aromatic N) is 1. The maximum atomic E-state index is 12.0. The first-order valence-electron chi connectivity index (χ1n) is 8.67. The van der Waals surface area contributed by atoms with Gasteiger partial charge in [-0.3, -0.25) is 4.79 Å². The van der Waals surface area contributed by atoms with Gasteiger partial charge in [-0.15, -0.1) is 0 Å². The molecule has 3 nitrogen and oxygen atoms in total. The van der Waals surface area contributed by atoms with Crippen LogP contribution in [0.15, 0.2) is 64.4 Å². The molecule has 0 saturated carbocycles. The fourth-order valence-corrected chi connectivity index (χ4v) is 3.38. The van der Waals surface area contributed by atoms with Gasteiger partial charge in [0, 0.05) is 27.4 Å². The number of hydrogen-bond donors (Lipinski definition) is 1. The molecule has 26 heavy (non-hydrogen) atoms. The third-order valence-electron chi connectivity index (χ3n) is 3.71. The summed E-state index contributed by atoms with van der Waals surface area (Å²) in [6.45, 7) is 1.75. The number of halogens is 1. The minimum absolute atomic E-state index is 0.0545. The van der Waals surface area contributed by atoms with Gasteiger partial charge < -0.3 is 10.2 Å². The van der Waals surface area contributed by atoms with Gasteiger partial charge in [0.05, 0.1) is 0 Å². The molecular formula is C21H25ClN2OS. The van der Waals surface area contributed by atoms with E-state index >= 15 is 0 Å². The Labute approximate surface area is 165 Å². The normalized spacial score (nSPS) is 11.2. The first kappa shape index (κ1) is 20.6. The fourth-order valence-electron chi connectivity index (χ4n) is 2.33. The third-order valence-corrected chi connectivity index (χ3v) is 5.06. The van der Waals surface area contributed by atoms with Crippen LogP contribution in [-0.2, 0) is 4.79 Å². The third kappa shape index (κ3) is 7.65. The van der Waals surface area contributed by atoms with Crippen LogP contribution in [0.4, 0.5) is 0 Å². The Kier molecular flexibility index (Phi) is 8.75. The summed E-state index contributed by atoms with van der Waals surface area (Å²) in [4.78, 5) is 16.4. The Morgan fingerprint density at radius 3 is 2.58 bits per heavy atom. The number of rotatable bonds is 9. The van der Waals surface area contributed by atoms with Crippen molar-refractivity contribution in [3.05, 3.63) is 65.2 Å². The minimum Gasteiger partial charge on any atom is -0.353 e. The molecule has 0 unspecified atom stereocenters. The van der Waals surface area contributed by atoms with E-state index in [0.29, 0.717) is 6.54 Å². The topological polar surface area (TPSA) is 32.3 Å². The molecular weight excluding hydrogens is 364 g/mol. The standard InChI is InChI=1S/C21H25ClN2OS/c1-24(2)16-6-5-15-23-21(25)14-9-17-7-3-4-8-20(17)26-19-12-10-18(22)11-13-19/h3-4,7-14H,5-6,15-16H2,1-2H3,(H,23,25). The van der Waals surface area contributed by atoms with Crippen molar-refractivity contribution in [2.75, 3.05) is 27.2 Å². The molecule has 0 radical (unpaired) electrons. The maximum absolute atomic E-state index is 12.0. The zero-order valence-corrected chi connectivity index (χ0v) is 16.8. The molecule has 0 spiro atoms. The largest absolute Gasteiger partial charge is 0.353 e. The van der Waals surface area contributed by atoms with Crippen LogP contribution in [0.3, 0.4) is 0 Å². The summed E-state index contributed by atoms with van der Waals surface area (Å²) in [5.41, 5.74) is 1.02. The molecule has 0 aliphatic heterocycles. The predicted molar refractivity (Wildman–Crippen MR) is 112 cm³/mol. The van der Waals surface area contributed by atoms with Gasteiger partial charge in [0.25, 0.3) is 0 Å². The van der Waals surface area contributed by atoms with Crippen LogP contribution < -0.4 is 5.32 Å². The molecule has 0 saturated heterocycles. The summed E-state index contributed by atoms with van der Waals surface area (Å²) in [6, 6.07) is 15.8. The first-order chi connectivity index (χ1) is 12.5. The van der Waals surface area contributed by atoms with Crippen LogP contribution in [-0.4, -0.2) is 38.0 Å². The van der Waals surface area contributed by atoms with Crippen LogP contribution in [0.25, 0.3) is 6.08 Å². The van der Waals surface area contributed by atoms with Gasteiger partial charge in [0.2, 0.25) is 5.91 Å². The maximum Gasteiger partial charge on any atom is 0.243 e. The fraction of sp³-hybridized carbons (Fsp3) is 0.286. The van der Waals surface area contributed by atoms with Crippen molar-refractivity contribution in [3.63, 3.8) is 0 Å². The van der Waals surface area contributed by atoms with Crippen LogP contribution in [0, 0.1) is 0 Å². The summed E-state index contributed by atoms with van der Waals surface area (Å²) >= 11 is 7.60. The van der Waals surface area contributed by atoms with E-state index in [9.17, 15) is 4.79 Å². The molecule has 0 aliphatic carbocycles. The first-order valence-corrected chi connectivity index (χ1v) is 9.87. The Bertz CT molecular complexity index is 729. The Hall–Kier alpha value is -1.75. The van der Waals surface area contributed by atoms with Crippen LogP contribution in [0.5, 0.6) is 0 Å². The molecule has 138 valence electrons. The van der Waals surface area contributed by atoms with E-state index in [-0.39, 0.29) is 5.91 Å². The van der Waals surface area contributed by atoms with E-state index in [1.165, 1.54) is 0 Å². The molecule has 2 aromatic carbocycles. The lowest BCUT2D eigenvalue weighted by molar-refractivity contribution is -0.116. The highest BCUT2D eigenvalue weighted by Crippen LogP contribution is 2.31. The SMILES string of the molecule is CN(C)CCCCNC(=O)C=Cc1ccccc1Sc1ccc(Cl)cc1. The lowest BCUT2D eigenvalue weighted by Gasteiger charge is -2.08. The smallest absolute Gasteiger partial charge is 0.243 e. The van der Waals surface area contributed by atoms with Gasteiger partial charge in [0.15, 0.2) is 0 Å². The number of carbonyl (C=O) groups excluding carboxylic acids is 1. The molecule has 0 atom stereocenters. The van der Waals surface area contributed by atoms with Crippen LogP contribution >= 0.6 is 23.4 Å². The second kappa shape index (κ2) is 11.1. The highest BCUT2D eigenvalue weighted by atomic mass is 35.5. The van der Waals surface area contributed by atoms with E-state index in [4.69, 9.17) is 11.6 Å². The molecule has 1 amide bonds. The van der Waals surface area contributed by atoms with Crippen molar-refractivity contribution < 1.29 is 4.79 Å². The van der Waals surface area contributed by atoms with Gasteiger partial charge in [-0.1, -0.05) is 41.6 Å². The lowest BCUT2D eigenvalue weighted by atomic mass is 10.2. The van der Waals surface area contributed by atoms with E-state index < -0.39 is 0 Å². The van der Waals surface area contributed by atoms with E-state index in [1.54, 1.807) is 17.8 Å². The Balaban J connectivity index is 1.89. The van der Waals surface area contributed by atoms with Crippen LogP contribution in [0.2, 0.25) is 5.02 Å². The number of unbranched alkanes of at least 4 members (excludes halogenated alkanes) is 1. The van der Waals surface area contributed by atoms with Gasteiger partial charge in [-0.2, -0.15) is 0 Å². The van der Waals surface area contributed by atoms with Crippen molar-refractivity contribution in [3.8, 4) is 0 Å². The molecule has 5 heteroatoms. The lowest BCUT2D eigenvalue weighted by Crippen LogP contribution is -2.23. The Morgan fingerprint density at radius 2 is 1.85 bits per heavy atom. The molecule has 0 bridgehead atoms. The molecule has 0 aromatic heterocycles. The van der Waals surface area contributed by atoms with Crippen molar-refractivity contribution in [2.45, 2.75) is 22.6 Å². The van der Waals surface area contributed by atoms with Gasteiger partial charge >= 0.3 is 0 Å². The molecule has 2 aromatic rings. The molecule has 1 N–H and O–H groups in total. The summed E-state index contributed by atoms with van der Waals surface area (Å²) < 4.78 is 0. The number of nitrogens with one attached hydrogen (secondary N) is 1. The summed E-state index contributed by atoms with van der Waals surface area (Å²) in [7, 11) is 4.11. The summed E-state index contributed by atoms with van der Waals surface area (Å²) in [5.74, 6) is -0.0545. The number of hydrogen-bond acceptors (Lipinski definition) is 3. The zero-order chi connectivity index (χ0) is 18.8. The number of amides is 1. The number of benzene rings is 2. The van der Waals surface area contributed by atoms with Crippen molar-refractivity contribution in [1.29, 1.82) is 0 Å². The molecule has 0 heterocycles. The van der Waals surface area contributed by atoms with Gasteiger partial charge in [0.1, 0.15) is 0 Å². The van der Waals surface area contributed by atoms with E-state index in [1.807, 2.05) is 48.5 Å². The quantitative estimate of drug-likeness (QED) is 0.486. The molecule has 0 fully saturated rings. The average molecular weight is 389 g/mol. The monoisotopic (exact) mass is 388 g/mol. The summed E-state index contributed by atoms with van der Waals surface area (Å²) in [6.07, 6.45) is 5.54. The minimum atomic E-state index is -0.0545. The van der Waals surface area contributed by atoms with Crippen LogP contribution in [0.1, 0.15) is 18.4 Å². The second-order valence-corrected chi connectivity index (χ2v) is 7.78. The molecule has 0 aliphatic rings. The summed E-state index contributed by atoms with van der Waals surface area (Å²) in [5, 5.41) is 3.66. The second-order valence-electron chi connectivity index (χ2n) is 6.23. The van der Waals surface area contributed by atoms with Crippen molar-refractivity contribution >= 4 is 35.3 Å². The van der Waals surface area contributed by atoms with Gasteiger partial charge in [-0.05, 0) is 75.5 Å². The zero-order valence-electron chi connectivity index (χ0n) is 15.2. The number of carbonyl (C=O) groups is 1. The highest BCUT2D eigenvalue weighted by Gasteiger charge is 2.03. The van der Waals surface area contributed by atoms with E-state index in [2.05, 4.69) is 30.4 Å². The molecule has 2 rings (SSSR count). The van der Waals surface area contributed by atoms with Crippen molar-refractivity contribution in [2.24, 2.45) is 0 Å². The van der Waals surface area contributed by atoms with E-state index in [0.717, 1.165) is 39.8 Å². The highest BCUT2D eigenvalue weighted by molar-refractivity contribution is 7.99. The Morgan fingerprint density at radius 1 is 1.12 bits per heavy atom. The van der Waals surface area contributed by atoms with Gasteiger partial charge in [-0.25, -0.2) is 0 Å².